The molecule has 0 N–H and O–H groups in total. The minimum absolute atomic E-state index is 0.265. The third kappa shape index (κ3) is 6.07. The average Bonchev–Trinajstić information content (AvgIpc) is 3.51. The number of hydrogen-bond acceptors (Lipinski definition) is 2. The molecule has 0 saturated heterocycles. The number of nitrogens with zero attached hydrogens (tertiary/aromatic N) is 2. The Hall–Kier alpha value is -7.16. The highest BCUT2D eigenvalue weighted by Crippen LogP contribution is 2.55. The Balaban J connectivity index is 1.11. The summed E-state index contributed by atoms with van der Waals surface area (Å²) >= 11 is 0. The Bertz CT molecular complexity index is 2830. The van der Waals surface area contributed by atoms with Gasteiger partial charge in [-0.25, -0.2) is 0 Å². The molecule has 9 aromatic rings. The quantitative estimate of drug-likeness (QED) is 0.154. The SMILES string of the molecule is CC1(C)c2cc(N(c3ccccc3)c3ccc(-c4ccccc4)cc3)ccc2-c2c1cc(N(c1ccccc1)c1ccc(-c3ccccc3)cc1)c1ccccc21. The lowest BCUT2D eigenvalue weighted by atomic mass is 9.81. The van der Waals surface area contributed by atoms with Crippen LogP contribution in [0.1, 0.15) is 25.0 Å². The summed E-state index contributed by atoms with van der Waals surface area (Å²) in [5.41, 5.74) is 16.7. The molecule has 2 nitrogen and oxygen atoms in total. The molecule has 0 heterocycles. The molecule has 0 aliphatic heterocycles. The molecule has 0 atom stereocenters. The molecule has 0 radical (unpaired) electrons. The number of fused-ring (bicyclic) bond motifs is 5. The Labute approximate surface area is 335 Å². The van der Waals surface area contributed by atoms with E-state index in [1.54, 1.807) is 0 Å². The van der Waals surface area contributed by atoms with Crippen molar-refractivity contribution >= 4 is 44.9 Å². The van der Waals surface area contributed by atoms with Crippen LogP contribution < -0.4 is 9.80 Å². The van der Waals surface area contributed by atoms with E-state index in [1.807, 2.05) is 0 Å². The van der Waals surface area contributed by atoms with Crippen LogP contribution >= 0.6 is 0 Å². The third-order valence-corrected chi connectivity index (χ3v) is 11.6. The van der Waals surface area contributed by atoms with Crippen molar-refractivity contribution in [2.24, 2.45) is 0 Å². The number of para-hydroxylation sites is 2. The number of anilines is 6. The molecule has 0 amide bonds. The van der Waals surface area contributed by atoms with Gasteiger partial charge in [-0.15, -0.1) is 0 Å². The van der Waals surface area contributed by atoms with Gasteiger partial charge in [0.05, 0.1) is 5.69 Å². The second kappa shape index (κ2) is 14.2. The molecule has 0 unspecified atom stereocenters. The van der Waals surface area contributed by atoms with Crippen LogP contribution in [0.25, 0.3) is 44.2 Å². The van der Waals surface area contributed by atoms with Gasteiger partial charge in [0.1, 0.15) is 0 Å². The summed E-state index contributed by atoms with van der Waals surface area (Å²) < 4.78 is 0. The van der Waals surface area contributed by atoms with E-state index in [4.69, 9.17) is 0 Å². The molecular weight excluding hydrogens is 689 g/mol. The first-order valence-corrected chi connectivity index (χ1v) is 19.8. The van der Waals surface area contributed by atoms with Crippen molar-refractivity contribution in [1.29, 1.82) is 0 Å². The number of rotatable bonds is 8. The zero-order valence-corrected chi connectivity index (χ0v) is 32.2. The van der Waals surface area contributed by atoms with Crippen molar-refractivity contribution in [1.82, 2.24) is 0 Å². The van der Waals surface area contributed by atoms with Gasteiger partial charge >= 0.3 is 0 Å². The zero-order valence-electron chi connectivity index (χ0n) is 32.2. The summed E-state index contributed by atoms with van der Waals surface area (Å²) in [5, 5.41) is 2.49. The predicted molar refractivity (Wildman–Crippen MR) is 242 cm³/mol. The van der Waals surface area contributed by atoms with Crippen LogP contribution in [0.3, 0.4) is 0 Å². The molecule has 0 aromatic heterocycles. The first-order valence-electron chi connectivity index (χ1n) is 19.8. The van der Waals surface area contributed by atoms with Crippen LogP contribution in [0.5, 0.6) is 0 Å². The van der Waals surface area contributed by atoms with E-state index in [-0.39, 0.29) is 5.41 Å². The third-order valence-electron chi connectivity index (χ3n) is 11.6. The molecule has 1 aliphatic rings. The van der Waals surface area contributed by atoms with Gasteiger partial charge in [0, 0.05) is 39.2 Å². The Morgan fingerprint density at radius 1 is 0.316 bits per heavy atom. The summed E-state index contributed by atoms with van der Waals surface area (Å²) in [4.78, 5) is 4.81. The molecule has 0 saturated carbocycles. The molecular formula is C55H42N2. The second-order valence-electron chi connectivity index (χ2n) is 15.4. The molecule has 10 rings (SSSR count). The van der Waals surface area contributed by atoms with E-state index in [9.17, 15) is 0 Å². The van der Waals surface area contributed by atoms with Gasteiger partial charge in [-0.05, 0) is 117 Å². The van der Waals surface area contributed by atoms with E-state index in [1.165, 1.54) is 61.0 Å². The van der Waals surface area contributed by atoms with Gasteiger partial charge in [-0.3, -0.25) is 0 Å². The van der Waals surface area contributed by atoms with Gasteiger partial charge in [0.25, 0.3) is 0 Å². The maximum Gasteiger partial charge on any atom is 0.0543 e. The summed E-state index contributed by atoms with van der Waals surface area (Å²) in [6.07, 6.45) is 0. The van der Waals surface area contributed by atoms with Crippen molar-refractivity contribution in [3.8, 4) is 33.4 Å². The molecule has 0 spiro atoms. The van der Waals surface area contributed by atoms with Gasteiger partial charge in [-0.2, -0.15) is 0 Å². The molecule has 0 fully saturated rings. The minimum Gasteiger partial charge on any atom is -0.310 e. The van der Waals surface area contributed by atoms with Crippen molar-refractivity contribution in [2.45, 2.75) is 19.3 Å². The lowest BCUT2D eigenvalue weighted by Gasteiger charge is -2.30. The van der Waals surface area contributed by atoms with E-state index >= 15 is 0 Å². The molecule has 2 heteroatoms. The zero-order chi connectivity index (χ0) is 38.3. The fourth-order valence-corrected chi connectivity index (χ4v) is 8.77. The summed E-state index contributed by atoms with van der Waals surface area (Å²) in [7, 11) is 0. The van der Waals surface area contributed by atoms with Crippen LogP contribution in [0.4, 0.5) is 34.1 Å². The standard InChI is InChI=1S/C55H42N2/c1-55(2)51-37-47(56(43-21-11-5-12-22-43)45-31-27-41(28-32-45)39-17-7-3-8-18-39)35-36-50(51)54-49-26-16-15-25-48(49)53(38-52(54)55)57(44-23-13-6-14-24-44)46-33-29-42(30-34-46)40-19-9-4-10-20-40/h3-38H,1-2H3. The Kier molecular flexibility index (Phi) is 8.53. The van der Waals surface area contributed by atoms with Gasteiger partial charge in [0.2, 0.25) is 0 Å². The molecule has 272 valence electrons. The normalized spacial score (nSPS) is 12.5. The summed E-state index contributed by atoms with van der Waals surface area (Å²) in [6.45, 7) is 4.78. The highest BCUT2D eigenvalue weighted by molar-refractivity contribution is 6.10. The van der Waals surface area contributed by atoms with E-state index in [0.717, 1.165) is 28.4 Å². The van der Waals surface area contributed by atoms with E-state index in [2.05, 4.69) is 242 Å². The van der Waals surface area contributed by atoms with Gasteiger partial charge in [-0.1, -0.05) is 166 Å². The first-order chi connectivity index (χ1) is 28.0. The van der Waals surface area contributed by atoms with Crippen LogP contribution in [-0.2, 0) is 5.41 Å². The molecule has 57 heavy (non-hydrogen) atoms. The first kappa shape index (κ1) is 34.3. The Morgan fingerprint density at radius 2 is 0.719 bits per heavy atom. The van der Waals surface area contributed by atoms with Crippen molar-refractivity contribution in [3.05, 3.63) is 230 Å². The van der Waals surface area contributed by atoms with Crippen molar-refractivity contribution in [3.63, 3.8) is 0 Å². The van der Waals surface area contributed by atoms with Crippen LogP contribution in [0.2, 0.25) is 0 Å². The molecule has 0 bridgehead atoms. The van der Waals surface area contributed by atoms with Gasteiger partial charge in [0.15, 0.2) is 0 Å². The second-order valence-corrected chi connectivity index (χ2v) is 15.4. The summed E-state index contributed by atoms with van der Waals surface area (Å²) in [6, 6.07) is 79.1. The Morgan fingerprint density at radius 3 is 1.26 bits per heavy atom. The fourth-order valence-electron chi connectivity index (χ4n) is 8.77. The number of hydrogen-bond donors (Lipinski definition) is 0. The smallest absolute Gasteiger partial charge is 0.0543 e. The lowest BCUT2D eigenvalue weighted by molar-refractivity contribution is 0.661. The highest BCUT2D eigenvalue weighted by Gasteiger charge is 2.38. The van der Waals surface area contributed by atoms with Crippen molar-refractivity contribution in [2.75, 3.05) is 9.80 Å². The average molecular weight is 731 g/mol. The van der Waals surface area contributed by atoms with Gasteiger partial charge < -0.3 is 9.80 Å². The highest BCUT2D eigenvalue weighted by atomic mass is 15.1. The lowest BCUT2D eigenvalue weighted by Crippen LogP contribution is -2.18. The summed E-state index contributed by atoms with van der Waals surface area (Å²) in [5.74, 6) is 0. The maximum atomic E-state index is 2.46. The molecule has 9 aromatic carbocycles. The minimum atomic E-state index is -0.265. The van der Waals surface area contributed by atoms with Crippen LogP contribution in [-0.4, -0.2) is 0 Å². The van der Waals surface area contributed by atoms with Crippen LogP contribution in [0.15, 0.2) is 218 Å². The topological polar surface area (TPSA) is 6.48 Å². The molecule has 1 aliphatic carbocycles. The van der Waals surface area contributed by atoms with E-state index < -0.39 is 0 Å². The monoisotopic (exact) mass is 730 g/mol. The predicted octanol–water partition coefficient (Wildman–Crippen LogP) is 15.4. The van der Waals surface area contributed by atoms with Crippen molar-refractivity contribution < 1.29 is 0 Å². The van der Waals surface area contributed by atoms with E-state index in [0.29, 0.717) is 0 Å². The fraction of sp³-hybridized carbons (Fsp3) is 0.0545. The largest absolute Gasteiger partial charge is 0.310 e. The maximum absolute atomic E-state index is 2.46. The van der Waals surface area contributed by atoms with Crippen LogP contribution in [0, 0.1) is 0 Å². The number of benzene rings is 9.